The first-order valence-electron chi connectivity index (χ1n) is 6.51. The molecule has 0 saturated heterocycles. The molecule has 16 heavy (non-hydrogen) atoms. The molecule has 0 aliphatic rings. The largest absolute Gasteiger partial charge is 0.392 e. The van der Waals surface area contributed by atoms with E-state index >= 15 is 0 Å². The molecule has 0 saturated carbocycles. The Morgan fingerprint density at radius 1 is 1.00 bits per heavy atom. The van der Waals surface area contributed by atoms with Crippen molar-refractivity contribution in [2.45, 2.75) is 71.8 Å². The molecule has 0 aromatic carbocycles. The number of hydrogen-bond acceptors (Lipinski definition) is 3. The fraction of sp³-hybridized carbons (Fsp3) is 1.00. The van der Waals surface area contributed by atoms with Crippen LogP contribution in [0.2, 0.25) is 12.1 Å². The lowest BCUT2D eigenvalue weighted by atomic mass is 10.5. The van der Waals surface area contributed by atoms with Crippen molar-refractivity contribution in [3.63, 3.8) is 0 Å². The molecule has 4 heteroatoms. The summed E-state index contributed by atoms with van der Waals surface area (Å²) >= 11 is 0. The van der Waals surface area contributed by atoms with Crippen LogP contribution in [0, 0.1) is 0 Å². The molecule has 0 spiro atoms. The highest BCUT2D eigenvalue weighted by Gasteiger charge is 2.37. The fourth-order valence-corrected chi connectivity index (χ4v) is 6.00. The number of rotatable bonds is 9. The third-order valence-corrected chi connectivity index (χ3v) is 6.47. The first-order valence-corrected chi connectivity index (χ1v) is 8.74. The molecule has 0 unspecified atom stereocenters. The van der Waals surface area contributed by atoms with E-state index in [1.54, 1.807) is 0 Å². The molecule has 0 bridgehead atoms. The molecule has 3 nitrogen and oxygen atoms in total. The topological polar surface area (TPSA) is 44.5 Å². The summed E-state index contributed by atoms with van der Waals surface area (Å²) in [6.07, 6.45) is 2.62. The zero-order valence-corrected chi connectivity index (χ0v) is 12.6. The molecule has 0 aliphatic carbocycles. The summed E-state index contributed by atoms with van der Waals surface area (Å²) < 4.78 is 12.3. The molecule has 0 heterocycles. The van der Waals surface area contributed by atoms with Crippen LogP contribution in [-0.4, -0.2) is 27.3 Å². The van der Waals surface area contributed by atoms with Crippen LogP contribution >= 0.6 is 0 Å². The zero-order chi connectivity index (χ0) is 12.6. The average molecular weight is 247 g/mol. The lowest BCUT2D eigenvalue weighted by molar-refractivity contribution is 0.104. The van der Waals surface area contributed by atoms with Crippen molar-refractivity contribution in [1.29, 1.82) is 0 Å². The minimum Gasteiger partial charge on any atom is -0.392 e. The van der Waals surface area contributed by atoms with Crippen molar-refractivity contribution in [2.24, 2.45) is 5.73 Å². The third kappa shape index (κ3) is 6.63. The summed E-state index contributed by atoms with van der Waals surface area (Å²) in [5.41, 5.74) is 5.60. The number of nitrogens with two attached hydrogens (primary N) is 1. The molecular formula is C12H29NO2Si. The van der Waals surface area contributed by atoms with E-state index in [1.165, 1.54) is 0 Å². The first kappa shape index (κ1) is 16.1. The van der Waals surface area contributed by atoms with Gasteiger partial charge < -0.3 is 14.6 Å². The summed E-state index contributed by atoms with van der Waals surface area (Å²) in [6.45, 7) is 11.3. The van der Waals surface area contributed by atoms with Crippen LogP contribution in [-0.2, 0) is 8.85 Å². The van der Waals surface area contributed by atoms with Crippen LogP contribution in [0.4, 0.5) is 0 Å². The minimum absolute atomic E-state index is 0.245. The van der Waals surface area contributed by atoms with Crippen LogP contribution in [0.3, 0.4) is 0 Å². The number of hydrogen-bond donors (Lipinski definition) is 1. The predicted molar refractivity (Wildman–Crippen MR) is 71.8 cm³/mol. The Morgan fingerprint density at radius 3 is 1.81 bits per heavy atom. The van der Waals surface area contributed by atoms with E-state index in [0.717, 1.165) is 31.5 Å². The van der Waals surface area contributed by atoms with Crippen LogP contribution < -0.4 is 5.73 Å². The van der Waals surface area contributed by atoms with Crippen LogP contribution in [0.1, 0.15) is 47.5 Å². The third-order valence-electron chi connectivity index (χ3n) is 2.29. The van der Waals surface area contributed by atoms with Gasteiger partial charge in [0.1, 0.15) is 0 Å². The molecule has 0 radical (unpaired) electrons. The van der Waals surface area contributed by atoms with Gasteiger partial charge >= 0.3 is 8.56 Å². The second kappa shape index (κ2) is 8.23. The van der Waals surface area contributed by atoms with Crippen molar-refractivity contribution in [3.05, 3.63) is 0 Å². The Balaban J connectivity index is 4.58. The van der Waals surface area contributed by atoms with Gasteiger partial charge in [0.25, 0.3) is 0 Å². The van der Waals surface area contributed by atoms with E-state index in [-0.39, 0.29) is 12.2 Å². The monoisotopic (exact) mass is 247 g/mol. The Labute approximate surface area is 102 Å². The molecular weight excluding hydrogens is 218 g/mol. The van der Waals surface area contributed by atoms with Gasteiger partial charge in [-0.3, -0.25) is 0 Å². The molecule has 0 atom stereocenters. The normalized spacial score (nSPS) is 12.8. The molecule has 98 valence electrons. The highest BCUT2D eigenvalue weighted by atomic mass is 28.4. The van der Waals surface area contributed by atoms with Gasteiger partial charge in [0, 0.05) is 12.2 Å². The van der Waals surface area contributed by atoms with Crippen molar-refractivity contribution < 1.29 is 8.85 Å². The SMILES string of the molecule is CCC[Si](CCCN)(OC(C)C)OC(C)C. The van der Waals surface area contributed by atoms with Crippen molar-refractivity contribution in [2.75, 3.05) is 6.54 Å². The standard InChI is InChI=1S/C12H29NO2Si/c1-6-9-16(10-7-8-13,14-11(2)3)15-12(4)5/h11-12H,6-10,13H2,1-5H3. The van der Waals surface area contributed by atoms with E-state index < -0.39 is 8.56 Å². The molecule has 0 rings (SSSR count). The Morgan fingerprint density at radius 2 is 1.50 bits per heavy atom. The van der Waals surface area contributed by atoms with Crippen LogP contribution in [0.25, 0.3) is 0 Å². The lowest BCUT2D eigenvalue weighted by Crippen LogP contribution is -2.46. The van der Waals surface area contributed by atoms with Crippen molar-refractivity contribution >= 4 is 8.56 Å². The zero-order valence-electron chi connectivity index (χ0n) is 11.6. The summed E-state index contributed by atoms with van der Waals surface area (Å²) in [4.78, 5) is 0. The maximum atomic E-state index is 6.15. The molecule has 0 aromatic rings. The second-order valence-corrected chi connectivity index (χ2v) is 8.18. The second-order valence-electron chi connectivity index (χ2n) is 4.89. The van der Waals surface area contributed by atoms with E-state index in [2.05, 4.69) is 34.6 Å². The van der Waals surface area contributed by atoms with E-state index in [4.69, 9.17) is 14.6 Å². The summed E-state index contributed by atoms with van der Waals surface area (Å²) in [5, 5.41) is 0. The van der Waals surface area contributed by atoms with E-state index in [9.17, 15) is 0 Å². The molecule has 0 aliphatic heterocycles. The Kier molecular flexibility index (Phi) is 8.28. The van der Waals surface area contributed by atoms with Crippen molar-refractivity contribution in [3.8, 4) is 0 Å². The smallest absolute Gasteiger partial charge is 0.338 e. The highest BCUT2D eigenvalue weighted by Crippen LogP contribution is 2.25. The predicted octanol–water partition coefficient (Wildman–Crippen LogP) is 3.04. The van der Waals surface area contributed by atoms with E-state index in [0.29, 0.717) is 0 Å². The summed E-state index contributed by atoms with van der Waals surface area (Å²) in [5.74, 6) is 0. The Bertz CT molecular complexity index is 164. The summed E-state index contributed by atoms with van der Waals surface area (Å²) in [6, 6.07) is 2.09. The quantitative estimate of drug-likeness (QED) is 0.637. The van der Waals surface area contributed by atoms with Gasteiger partial charge in [-0.25, -0.2) is 0 Å². The van der Waals surface area contributed by atoms with Gasteiger partial charge in [-0.2, -0.15) is 0 Å². The average Bonchev–Trinajstić information content (AvgIpc) is 2.13. The highest BCUT2D eigenvalue weighted by molar-refractivity contribution is 6.67. The maximum absolute atomic E-state index is 6.15. The molecule has 0 amide bonds. The van der Waals surface area contributed by atoms with Gasteiger partial charge in [0.2, 0.25) is 0 Å². The van der Waals surface area contributed by atoms with Gasteiger partial charge in [-0.15, -0.1) is 0 Å². The lowest BCUT2D eigenvalue weighted by Gasteiger charge is -2.34. The minimum atomic E-state index is -2.02. The molecule has 0 aromatic heterocycles. The van der Waals surface area contributed by atoms with Crippen LogP contribution in [0.15, 0.2) is 0 Å². The van der Waals surface area contributed by atoms with Gasteiger partial charge in [-0.1, -0.05) is 13.3 Å². The van der Waals surface area contributed by atoms with Gasteiger partial charge in [0.05, 0.1) is 0 Å². The van der Waals surface area contributed by atoms with Crippen LogP contribution in [0.5, 0.6) is 0 Å². The Hall–Kier alpha value is 0.0969. The molecule has 0 fully saturated rings. The summed E-state index contributed by atoms with van der Waals surface area (Å²) in [7, 11) is -2.02. The molecule has 2 N–H and O–H groups in total. The van der Waals surface area contributed by atoms with E-state index in [1.807, 2.05) is 0 Å². The van der Waals surface area contributed by atoms with Gasteiger partial charge in [0.15, 0.2) is 0 Å². The van der Waals surface area contributed by atoms with Crippen molar-refractivity contribution in [1.82, 2.24) is 0 Å². The first-order chi connectivity index (χ1) is 7.45. The van der Waals surface area contributed by atoms with Gasteiger partial charge in [-0.05, 0) is 52.7 Å². The maximum Gasteiger partial charge on any atom is 0.338 e. The fourth-order valence-electron chi connectivity index (χ4n) is 2.00.